The van der Waals surface area contributed by atoms with Crippen LogP contribution in [0.2, 0.25) is 0 Å². The van der Waals surface area contributed by atoms with Gasteiger partial charge in [0.2, 0.25) is 0 Å². The summed E-state index contributed by atoms with van der Waals surface area (Å²) in [7, 11) is 0. The van der Waals surface area contributed by atoms with Crippen molar-refractivity contribution in [3.8, 4) is 0 Å². The maximum Gasteiger partial charge on any atom is 0.328 e. The monoisotopic (exact) mass is 426 g/mol. The SMILES string of the molecule is O=C(c1ccco1)N1CCN(C(=O)c2c[nH]c(=O)n(Cc3ccccc3F)c2=O)CC1. The summed E-state index contributed by atoms with van der Waals surface area (Å²) in [6.07, 6.45) is 2.49. The number of aromatic nitrogens is 2. The van der Waals surface area contributed by atoms with Crippen LogP contribution in [0.25, 0.3) is 0 Å². The van der Waals surface area contributed by atoms with Crippen LogP contribution in [-0.2, 0) is 6.54 Å². The summed E-state index contributed by atoms with van der Waals surface area (Å²) < 4.78 is 19.9. The third-order valence-electron chi connectivity index (χ3n) is 5.16. The Labute approximate surface area is 175 Å². The van der Waals surface area contributed by atoms with Gasteiger partial charge in [-0.25, -0.2) is 9.18 Å². The van der Waals surface area contributed by atoms with Crippen molar-refractivity contribution in [2.24, 2.45) is 0 Å². The number of hydrogen-bond donors (Lipinski definition) is 1. The van der Waals surface area contributed by atoms with Crippen LogP contribution < -0.4 is 11.2 Å². The largest absolute Gasteiger partial charge is 0.459 e. The summed E-state index contributed by atoms with van der Waals surface area (Å²) >= 11 is 0. The highest BCUT2D eigenvalue weighted by Gasteiger charge is 2.28. The molecule has 3 aromatic rings. The van der Waals surface area contributed by atoms with Gasteiger partial charge in [0.05, 0.1) is 12.8 Å². The molecule has 0 spiro atoms. The first kappa shape index (κ1) is 20.3. The Balaban J connectivity index is 1.51. The molecule has 0 radical (unpaired) electrons. The highest BCUT2D eigenvalue weighted by atomic mass is 19.1. The van der Waals surface area contributed by atoms with Crippen LogP contribution in [0, 0.1) is 5.82 Å². The number of aromatic amines is 1. The van der Waals surface area contributed by atoms with Gasteiger partial charge in [0.15, 0.2) is 5.76 Å². The fourth-order valence-corrected chi connectivity index (χ4v) is 3.44. The minimum absolute atomic E-state index is 0.157. The molecule has 0 saturated carbocycles. The highest BCUT2D eigenvalue weighted by molar-refractivity contribution is 5.94. The second kappa shape index (κ2) is 8.42. The van der Waals surface area contributed by atoms with Crippen LogP contribution >= 0.6 is 0 Å². The average Bonchev–Trinajstić information content (AvgIpc) is 3.32. The molecule has 10 heteroatoms. The molecule has 1 aromatic carbocycles. The number of furan rings is 1. The molecule has 160 valence electrons. The Hall–Kier alpha value is -3.95. The third kappa shape index (κ3) is 4.04. The number of amides is 2. The topological polar surface area (TPSA) is 109 Å². The molecule has 0 unspecified atom stereocenters. The number of hydrogen-bond acceptors (Lipinski definition) is 5. The van der Waals surface area contributed by atoms with Crippen molar-refractivity contribution in [2.45, 2.75) is 6.54 Å². The van der Waals surface area contributed by atoms with E-state index in [9.17, 15) is 23.6 Å². The molecule has 1 aliphatic heterocycles. The number of benzene rings is 1. The quantitative estimate of drug-likeness (QED) is 0.667. The molecule has 0 atom stereocenters. The molecule has 31 heavy (non-hydrogen) atoms. The number of rotatable bonds is 4. The van der Waals surface area contributed by atoms with E-state index in [-0.39, 0.29) is 55.5 Å². The lowest BCUT2D eigenvalue weighted by Crippen LogP contribution is -2.52. The van der Waals surface area contributed by atoms with Crippen molar-refractivity contribution in [1.82, 2.24) is 19.4 Å². The molecule has 0 bridgehead atoms. The smallest absolute Gasteiger partial charge is 0.328 e. The van der Waals surface area contributed by atoms with Crippen molar-refractivity contribution in [3.05, 3.63) is 92.4 Å². The van der Waals surface area contributed by atoms with E-state index in [1.165, 1.54) is 29.4 Å². The first-order valence-electron chi connectivity index (χ1n) is 9.63. The summed E-state index contributed by atoms with van der Waals surface area (Å²) in [6, 6.07) is 8.98. The van der Waals surface area contributed by atoms with Gasteiger partial charge in [-0.15, -0.1) is 0 Å². The molecule has 4 rings (SSSR count). The number of carbonyl (C=O) groups excluding carboxylic acids is 2. The lowest BCUT2D eigenvalue weighted by molar-refractivity contribution is 0.0516. The van der Waals surface area contributed by atoms with Crippen LogP contribution in [0.5, 0.6) is 0 Å². The van der Waals surface area contributed by atoms with Crippen LogP contribution in [0.3, 0.4) is 0 Å². The van der Waals surface area contributed by atoms with Crippen molar-refractivity contribution in [1.29, 1.82) is 0 Å². The number of nitrogens with zero attached hydrogens (tertiary/aromatic N) is 3. The zero-order valence-electron chi connectivity index (χ0n) is 16.4. The summed E-state index contributed by atoms with van der Waals surface area (Å²) in [5, 5.41) is 0. The van der Waals surface area contributed by atoms with Gasteiger partial charge in [-0.3, -0.25) is 19.0 Å². The van der Waals surface area contributed by atoms with E-state index in [0.29, 0.717) is 0 Å². The van der Waals surface area contributed by atoms with Crippen molar-refractivity contribution >= 4 is 11.8 Å². The summed E-state index contributed by atoms with van der Waals surface area (Å²) in [4.78, 5) is 55.6. The van der Waals surface area contributed by atoms with E-state index in [0.717, 1.165) is 10.8 Å². The predicted molar refractivity (Wildman–Crippen MR) is 107 cm³/mol. The summed E-state index contributed by atoms with van der Waals surface area (Å²) in [5.41, 5.74) is -1.60. The number of H-pyrrole nitrogens is 1. The number of carbonyl (C=O) groups is 2. The predicted octanol–water partition coefficient (Wildman–Crippen LogP) is 0.915. The van der Waals surface area contributed by atoms with Gasteiger partial charge in [0.1, 0.15) is 11.4 Å². The van der Waals surface area contributed by atoms with E-state index in [1.807, 2.05) is 0 Å². The van der Waals surface area contributed by atoms with E-state index in [1.54, 1.807) is 23.1 Å². The summed E-state index contributed by atoms with van der Waals surface area (Å²) in [6.45, 7) is 0.692. The Kier molecular flexibility index (Phi) is 5.52. The van der Waals surface area contributed by atoms with E-state index in [2.05, 4.69) is 4.98 Å². The van der Waals surface area contributed by atoms with Gasteiger partial charge in [0.25, 0.3) is 17.4 Å². The second-order valence-electron chi connectivity index (χ2n) is 7.05. The van der Waals surface area contributed by atoms with Gasteiger partial charge < -0.3 is 19.2 Å². The maximum absolute atomic E-state index is 14.0. The number of halogens is 1. The Bertz CT molecular complexity index is 1220. The zero-order chi connectivity index (χ0) is 22.0. The van der Waals surface area contributed by atoms with E-state index >= 15 is 0 Å². The van der Waals surface area contributed by atoms with Crippen LogP contribution in [0.15, 0.2) is 62.9 Å². The third-order valence-corrected chi connectivity index (χ3v) is 5.16. The Morgan fingerprint density at radius 3 is 2.29 bits per heavy atom. The first-order valence-corrected chi connectivity index (χ1v) is 9.63. The van der Waals surface area contributed by atoms with E-state index < -0.39 is 23.0 Å². The molecule has 2 aromatic heterocycles. The van der Waals surface area contributed by atoms with Gasteiger partial charge in [0, 0.05) is 37.9 Å². The molecule has 1 fully saturated rings. The van der Waals surface area contributed by atoms with Gasteiger partial charge in [-0.2, -0.15) is 0 Å². The van der Waals surface area contributed by atoms with Crippen molar-refractivity contribution in [2.75, 3.05) is 26.2 Å². The van der Waals surface area contributed by atoms with Gasteiger partial charge in [-0.1, -0.05) is 18.2 Å². The molecule has 2 amide bonds. The van der Waals surface area contributed by atoms with Crippen molar-refractivity contribution in [3.63, 3.8) is 0 Å². The fraction of sp³-hybridized carbons (Fsp3) is 0.238. The molecule has 1 N–H and O–H groups in total. The van der Waals surface area contributed by atoms with Crippen molar-refractivity contribution < 1.29 is 18.4 Å². The van der Waals surface area contributed by atoms with Crippen LogP contribution in [-0.4, -0.2) is 57.3 Å². The molecule has 9 nitrogen and oxygen atoms in total. The molecule has 3 heterocycles. The molecular formula is C21H19FN4O5. The standard InChI is InChI=1S/C21H19FN4O5/c22-16-5-2-1-4-14(16)13-26-19(28)15(12-23-21(26)30)18(27)24-7-9-25(10-8-24)20(29)17-6-3-11-31-17/h1-6,11-12H,7-10,13H2,(H,23,30). The minimum Gasteiger partial charge on any atom is -0.459 e. The summed E-state index contributed by atoms with van der Waals surface area (Å²) in [5.74, 6) is -1.17. The fourth-order valence-electron chi connectivity index (χ4n) is 3.44. The van der Waals surface area contributed by atoms with E-state index in [4.69, 9.17) is 4.42 Å². The maximum atomic E-state index is 14.0. The molecule has 1 saturated heterocycles. The molecule has 0 aliphatic carbocycles. The first-order chi connectivity index (χ1) is 15.0. The lowest BCUT2D eigenvalue weighted by atomic mass is 10.2. The lowest BCUT2D eigenvalue weighted by Gasteiger charge is -2.34. The molecular weight excluding hydrogens is 407 g/mol. The average molecular weight is 426 g/mol. The number of nitrogens with one attached hydrogen (secondary N) is 1. The second-order valence-corrected chi connectivity index (χ2v) is 7.05. The zero-order valence-corrected chi connectivity index (χ0v) is 16.4. The molecule has 1 aliphatic rings. The normalized spacial score (nSPS) is 14.0. The Morgan fingerprint density at radius 2 is 1.65 bits per heavy atom. The van der Waals surface area contributed by atoms with Crippen LogP contribution in [0.4, 0.5) is 4.39 Å². The Morgan fingerprint density at radius 1 is 0.968 bits per heavy atom. The van der Waals surface area contributed by atoms with Crippen LogP contribution in [0.1, 0.15) is 26.5 Å². The van der Waals surface area contributed by atoms with Gasteiger partial charge in [-0.05, 0) is 18.2 Å². The number of piperazine rings is 1. The van der Waals surface area contributed by atoms with Gasteiger partial charge >= 0.3 is 5.69 Å². The minimum atomic E-state index is -0.800. The highest BCUT2D eigenvalue weighted by Crippen LogP contribution is 2.11.